The lowest BCUT2D eigenvalue weighted by Gasteiger charge is -2.33. The zero-order valence-corrected chi connectivity index (χ0v) is 14.2. The minimum absolute atomic E-state index is 0.164. The lowest BCUT2D eigenvalue weighted by atomic mass is 10.1. The molecule has 0 fully saturated rings. The first-order chi connectivity index (χ1) is 12.0. The Balaban J connectivity index is 1.94. The Morgan fingerprint density at radius 2 is 2.00 bits per heavy atom. The average Bonchev–Trinajstić information content (AvgIpc) is 2.61. The SMILES string of the molecule is CC1Oc2ccc(NC(=O)CCl)cc2N(Cc2ccc(F)cc2)C1=O. The molecule has 1 heterocycles. The third-order valence-electron chi connectivity index (χ3n) is 3.83. The number of carbonyl (C=O) groups is 2. The highest BCUT2D eigenvalue weighted by molar-refractivity contribution is 6.29. The van der Waals surface area contributed by atoms with E-state index in [2.05, 4.69) is 5.32 Å². The third-order valence-corrected chi connectivity index (χ3v) is 4.07. The lowest BCUT2D eigenvalue weighted by Crippen LogP contribution is -2.44. The summed E-state index contributed by atoms with van der Waals surface area (Å²) in [7, 11) is 0. The van der Waals surface area contributed by atoms with Gasteiger partial charge in [-0.15, -0.1) is 11.6 Å². The van der Waals surface area contributed by atoms with Crippen LogP contribution in [0.2, 0.25) is 0 Å². The van der Waals surface area contributed by atoms with Crippen molar-refractivity contribution < 1.29 is 18.7 Å². The van der Waals surface area contributed by atoms with Crippen molar-refractivity contribution in [1.29, 1.82) is 0 Å². The fraction of sp³-hybridized carbons (Fsp3) is 0.222. The first-order valence-electron chi connectivity index (χ1n) is 7.70. The molecule has 2 aromatic carbocycles. The topological polar surface area (TPSA) is 58.6 Å². The maximum absolute atomic E-state index is 13.1. The molecule has 5 nitrogen and oxygen atoms in total. The molecule has 1 atom stereocenters. The van der Waals surface area contributed by atoms with Gasteiger partial charge in [-0.1, -0.05) is 12.1 Å². The largest absolute Gasteiger partial charge is 0.479 e. The normalized spacial score (nSPS) is 16.2. The van der Waals surface area contributed by atoms with Crippen molar-refractivity contribution in [3.8, 4) is 5.75 Å². The zero-order valence-electron chi connectivity index (χ0n) is 13.5. The summed E-state index contributed by atoms with van der Waals surface area (Å²) in [6.45, 7) is 1.94. The van der Waals surface area contributed by atoms with Crippen LogP contribution in [0.15, 0.2) is 42.5 Å². The Morgan fingerprint density at radius 1 is 1.28 bits per heavy atom. The number of rotatable bonds is 4. The fourth-order valence-corrected chi connectivity index (χ4v) is 2.68. The Morgan fingerprint density at radius 3 is 2.68 bits per heavy atom. The maximum atomic E-state index is 13.1. The van der Waals surface area contributed by atoms with Gasteiger partial charge < -0.3 is 15.0 Å². The summed E-state index contributed by atoms with van der Waals surface area (Å²) >= 11 is 5.50. The quantitative estimate of drug-likeness (QED) is 0.849. The van der Waals surface area contributed by atoms with Gasteiger partial charge in [0.15, 0.2) is 6.10 Å². The third kappa shape index (κ3) is 3.74. The molecule has 0 saturated carbocycles. The molecule has 0 aromatic heterocycles. The summed E-state index contributed by atoms with van der Waals surface area (Å²) in [4.78, 5) is 25.6. The van der Waals surface area contributed by atoms with Crippen LogP contribution in [-0.2, 0) is 16.1 Å². The van der Waals surface area contributed by atoms with E-state index in [0.717, 1.165) is 5.56 Å². The molecule has 1 N–H and O–H groups in total. The Bertz CT molecular complexity index is 810. The summed E-state index contributed by atoms with van der Waals surface area (Å²) in [5, 5.41) is 2.65. The second-order valence-corrected chi connectivity index (χ2v) is 5.94. The number of fused-ring (bicyclic) bond motifs is 1. The summed E-state index contributed by atoms with van der Waals surface area (Å²) < 4.78 is 18.7. The molecule has 0 spiro atoms. The molecule has 0 saturated heterocycles. The summed E-state index contributed by atoms with van der Waals surface area (Å²) in [6.07, 6.45) is -0.628. The smallest absolute Gasteiger partial charge is 0.268 e. The van der Waals surface area contributed by atoms with Crippen molar-refractivity contribution in [2.24, 2.45) is 0 Å². The van der Waals surface area contributed by atoms with Gasteiger partial charge in [0.2, 0.25) is 5.91 Å². The lowest BCUT2D eigenvalue weighted by molar-refractivity contribution is -0.125. The molecule has 25 heavy (non-hydrogen) atoms. The molecular weight excluding hydrogens is 347 g/mol. The van der Waals surface area contributed by atoms with Gasteiger partial charge in [-0.2, -0.15) is 0 Å². The number of benzene rings is 2. The molecule has 0 radical (unpaired) electrons. The van der Waals surface area contributed by atoms with Gasteiger partial charge in [0, 0.05) is 5.69 Å². The van der Waals surface area contributed by atoms with E-state index in [-0.39, 0.29) is 30.1 Å². The van der Waals surface area contributed by atoms with Crippen molar-refractivity contribution in [2.45, 2.75) is 19.6 Å². The Kier molecular flexibility index (Phi) is 4.90. The number of hydrogen-bond acceptors (Lipinski definition) is 3. The van der Waals surface area contributed by atoms with Gasteiger partial charge in [-0.05, 0) is 42.8 Å². The summed E-state index contributed by atoms with van der Waals surface area (Å²) in [5.74, 6) is -0.515. The maximum Gasteiger partial charge on any atom is 0.268 e. The zero-order chi connectivity index (χ0) is 18.0. The minimum Gasteiger partial charge on any atom is -0.479 e. The van der Waals surface area contributed by atoms with E-state index in [9.17, 15) is 14.0 Å². The van der Waals surface area contributed by atoms with E-state index in [4.69, 9.17) is 16.3 Å². The number of alkyl halides is 1. The van der Waals surface area contributed by atoms with Crippen molar-refractivity contribution in [3.05, 3.63) is 53.8 Å². The minimum atomic E-state index is -0.628. The van der Waals surface area contributed by atoms with E-state index >= 15 is 0 Å². The first kappa shape index (κ1) is 17.2. The molecule has 130 valence electrons. The number of halogens is 2. The van der Waals surface area contributed by atoms with Gasteiger partial charge >= 0.3 is 0 Å². The van der Waals surface area contributed by atoms with E-state index < -0.39 is 6.10 Å². The monoisotopic (exact) mass is 362 g/mol. The van der Waals surface area contributed by atoms with Crippen molar-refractivity contribution >= 4 is 34.8 Å². The van der Waals surface area contributed by atoms with E-state index in [1.165, 1.54) is 12.1 Å². The van der Waals surface area contributed by atoms with E-state index in [0.29, 0.717) is 17.1 Å². The van der Waals surface area contributed by atoms with Crippen LogP contribution in [0.3, 0.4) is 0 Å². The molecule has 0 aliphatic carbocycles. The van der Waals surface area contributed by atoms with Crippen LogP contribution < -0.4 is 15.0 Å². The molecule has 1 aliphatic rings. The van der Waals surface area contributed by atoms with Crippen LogP contribution in [0, 0.1) is 5.82 Å². The predicted octanol–water partition coefficient (Wildman–Crippen LogP) is 3.32. The highest BCUT2D eigenvalue weighted by Gasteiger charge is 2.31. The van der Waals surface area contributed by atoms with Crippen LogP contribution in [0.5, 0.6) is 5.75 Å². The van der Waals surface area contributed by atoms with Crippen molar-refractivity contribution in [2.75, 3.05) is 16.1 Å². The Hall–Kier alpha value is -2.60. The van der Waals surface area contributed by atoms with Crippen LogP contribution in [0.4, 0.5) is 15.8 Å². The second kappa shape index (κ2) is 7.11. The van der Waals surface area contributed by atoms with Gasteiger partial charge in [0.05, 0.1) is 12.2 Å². The Labute approximate surface area is 149 Å². The van der Waals surface area contributed by atoms with Crippen LogP contribution in [0.1, 0.15) is 12.5 Å². The molecule has 1 unspecified atom stereocenters. The molecule has 0 bridgehead atoms. The van der Waals surface area contributed by atoms with Crippen molar-refractivity contribution in [3.63, 3.8) is 0 Å². The molecule has 1 aliphatic heterocycles. The predicted molar refractivity (Wildman–Crippen MR) is 93.5 cm³/mol. The second-order valence-electron chi connectivity index (χ2n) is 5.68. The van der Waals surface area contributed by atoms with Crippen LogP contribution >= 0.6 is 11.6 Å². The summed E-state index contributed by atoms with van der Waals surface area (Å²) in [5.41, 5.74) is 1.84. The van der Waals surface area contributed by atoms with Gasteiger partial charge in [-0.25, -0.2) is 4.39 Å². The molecule has 3 rings (SSSR count). The number of amides is 2. The molecule has 7 heteroatoms. The standard InChI is InChI=1S/C18H16ClFN2O3/c1-11-18(24)22(10-12-2-4-13(20)5-3-12)15-8-14(21-17(23)9-19)6-7-16(15)25-11/h2-8,11H,9-10H2,1H3,(H,21,23). The molecular formula is C18H16ClFN2O3. The molecule has 2 amide bonds. The van der Waals surface area contributed by atoms with Gasteiger partial charge in [-0.3, -0.25) is 9.59 Å². The van der Waals surface area contributed by atoms with E-state index in [1.807, 2.05) is 0 Å². The highest BCUT2D eigenvalue weighted by atomic mass is 35.5. The number of nitrogens with one attached hydrogen (secondary N) is 1. The summed E-state index contributed by atoms with van der Waals surface area (Å²) in [6, 6.07) is 11.0. The number of nitrogens with zero attached hydrogens (tertiary/aromatic N) is 1. The first-order valence-corrected chi connectivity index (χ1v) is 8.23. The number of carbonyl (C=O) groups excluding carboxylic acids is 2. The van der Waals surface area contributed by atoms with Gasteiger partial charge in [0.1, 0.15) is 17.4 Å². The number of hydrogen-bond donors (Lipinski definition) is 1. The van der Waals surface area contributed by atoms with Crippen molar-refractivity contribution in [1.82, 2.24) is 0 Å². The number of ether oxygens (including phenoxy) is 1. The van der Waals surface area contributed by atoms with E-state index in [1.54, 1.807) is 42.2 Å². The van der Waals surface area contributed by atoms with Crippen LogP contribution in [-0.4, -0.2) is 23.8 Å². The fourth-order valence-electron chi connectivity index (χ4n) is 2.61. The average molecular weight is 363 g/mol. The highest BCUT2D eigenvalue weighted by Crippen LogP contribution is 2.37. The van der Waals surface area contributed by atoms with Gasteiger partial charge in [0.25, 0.3) is 5.91 Å². The number of anilines is 2. The molecule has 2 aromatic rings. The van der Waals surface area contributed by atoms with Crippen LogP contribution in [0.25, 0.3) is 0 Å².